The van der Waals surface area contributed by atoms with Crippen LogP contribution in [0.25, 0.3) is 10.8 Å². The molecule has 0 radical (unpaired) electrons. The number of rotatable bonds is 6. The lowest BCUT2D eigenvalue weighted by molar-refractivity contribution is 0.425. The van der Waals surface area contributed by atoms with Crippen molar-refractivity contribution in [1.29, 1.82) is 0 Å². The van der Waals surface area contributed by atoms with Gasteiger partial charge in [-0.3, -0.25) is 4.21 Å². The summed E-state index contributed by atoms with van der Waals surface area (Å²) < 4.78 is 18.0. The molecule has 0 N–H and O–H groups in total. The van der Waals surface area contributed by atoms with E-state index in [0.717, 1.165) is 22.6 Å². The molecule has 120 valence electrons. The van der Waals surface area contributed by atoms with Crippen molar-refractivity contribution in [3.63, 3.8) is 0 Å². The highest BCUT2D eigenvalue weighted by molar-refractivity contribution is 7.84. The summed E-state index contributed by atoms with van der Waals surface area (Å²) in [5.74, 6) is 1.21. The average molecular weight is 347 g/mol. The van der Waals surface area contributed by atoms with Crippen LogP contribution in [0, 0.1) is 6.92 Å². The third-order valence-electron chi connectivity index (χ3n) is 3.54. The van der Waals surface area contributed by atoms with E-state index in [2.05, 4.69) is 15.1 Å². The van der Waals surface area contributed by atoms with Crippen LogP contribution in [0.3, 0.4) is 0 Å². The van der Waals surface area contributed by atoms with Gasteiger partial charge in [-0.2, -0.15) is 4.98 Å². The second-order valence-corrected chi connectivity index (χ2v) is 7.59. The fourth-order valence-corrected chi connectivity index (χ4v) is 4.51. The normalized spacial score (nSPS) is 13.8. The number of thiazole rings is 1. The number of nitrogens with zero attached hydrogens (tertiary/aromatic N) is 3. The molecule has 2 aromatic heterocycles. The molecule has 0 saturated carbocycles. The molecule has 0 bridgehead atoms. The smallest absolute Gasteiger partial charge is 0.269 e. The fourth-order valence-electron chi connectivity index (χ4n) is 2.38. The maximum absolute atomic E-state index is 12.7. The van der Waals surface area contributed by atoms with E-state index in [1.807, 2.05) is 44.2 Å². The molecule has 0 fully saturated rings. The van der Waals surface area contributed by atoms with Gasteiger partial charge in [0.25, 0.3) is 5.89 Å². The Morgan fingerprint density at radius 1 is 1.30 bits per heavy atom. The van der Waals surface area contributed by atoms with Crippen LogP contribution in [0.15, 0.2) is 40.4 Å². The van der Waals surface area contributed by atoms with E-state index in [0.29, 0.717) is 11.7 Å². The molecule has 2 heterocycles. The Morgan fingerprint density at radius 2 is 2.09 bits per heavy atom. The molecular weight excluding hydrogens is 330 g/mol. The highest BCUT2D eigenvalue weighted by atomic mass is 32.2. The summed E-state index contributed by atoms with van der Waals surface area (Å²) >= 11 is 1.46. The van der Waals surface area contributed by atoms with Crippen molar-refractivity contribution in [3.8, 4) is 10.8 Å². The molecule has 0 aliphatic heterocycles. The zero-order valence-electron chi connectivity index (χ0n) is 12.9. The van der Waals surface area contributed by atoms with Gasteiger partial charge in [-0.1, -0.05) is 42.4 Å². The lowest BCUT2D eigenvalue weighted by Gasteiger charge is -2.13. The summed E-state index contributed by atoms with van der Waals surface area (Å²) in [6.07, 6.45) is 0.801. The second kappa shape index (κ2) is 7.14. The molecule has 23 heavy (non-hydrogen) atoms. The van der Waals surface area contributed by atoms with Gasteiger partial charge in [0.1, 0.15) is 4.88 Å². The van der Waals surface area contributed by atoms with E-state index in [4.69, 9.17) is 4.52 Å². The van der Waals surface area contributed by atoms with Crippen molar-refractivity contribution in [2.24, 2.45) is 0 Å². The minimum atomic E-state index is -1.10. The first-order valence-corrected chi connectivity index (χ1v) is 9.60. The lowest BCUT2D eigenvalue weighted by atomic mass is 10.1. The van der Waals surface area contributed by atoms with Crippen molar-refractivity contribution >= 4 is 22.1 Å². The van der Waals surface area contributed by atoms with Gasteiger partial charge in [0, 0.05) is 10.8 Å². The van der Waals surface area contributed by atoms with Crippen molar-refractivity contribution in [2.45, 2.75) is 31.3 Å². The summed E-state index contributed by atoms with van der Waals surface area (Å²) in [5.41, 5.74) is 3.69. The number of aromatic nitrogens is 3. The van der Waals surface area contributed by atoms with Gasteiger partial charge in [0.15, 0.2) is 5.82 Å². The first-order valence-electron chi connectivity index (χ1n) is 7.34. The number of aryl methyl sites for hydroxylation is 1. The molecule has 1 aromatic carbocycles. The maximum atomic E-state index is 12.7. The van der Waals surface area contributed by atoms with Gasteiger partial charge < -0.3 is 4.52 Å². The topological polar surface area (TPSA) is 68.9 Å². The van der Waals surface area contributed by atoms with E-state index >= 15 is 0 Å². The van der Waals surface area contributed by atoms with Crippen LogP contribution in [0.2, 0.25) is 0 Å². The van der Waals surface area contributed by atoms with E-state index < -0.39 is 10.8 Å². The highest BCUT2D eigenvalue weighted by Gasteiger charge is 2.20. The Hall–Kier alpha value is -1.86. The highest BCUT2D eigenvalue weighted by Crippen LogP contribution is 2.27. The first-order chi connectivity index (χ1) is 11.2. The molecule has 0 aliphatic carbocycles. The van der Waals surface area contributed by atoms with Gasteiger partial charge in [0.2, 0.25) is 0 Å². The van der Waals surface area contributed by atoms with Gasteiger partial charge in [-0.15, -0.1) is 11.3 Å². The predicted molar refractivity (Wildman–Crippen MR) is 91.5 cm³/mol. The van der Waals surface area contributed by atoms with E-state index in [1.165, 1.54) is 11.3 Å². The standard InChI is InChI=1S/C16H17N3O2S2/c1-3-13(12-7-5-4-6-8-12)23(20)9-14-18-16(21-19-14)15-11(2)17-10-22-15/h4-8,10,13H,3,9H2,1-2H3/t13-,23+/m1/s1. The van der Waals surface area contributed by atoms with Gasteiger partial charge in [-0.25, -0.2) is 4.98 Å². The molecule has 0 aliphatic rings. The fraction of sp³-hybridized carbons (Fsp3) is 0.312. The Morgan fingerprint density at radius 3 is 2.74 bits per heavy atom. The van der Waals surface area contributed by atoms with Crippen molar-refractivity contribution in [1.82, 2.24) is 15.1 Å². The van der Waals surface area contributed by atoms with Gasteiger partial charge in [-0.05, 0) is 18.9 Å². The second-order valence-electron chi connectivity index (χ2n) is 5.12. The molecular formula is C16H17N3O2S2. The lowest BCUT2D eigenvalue weighted by Crippen LogP contribution is -2.08. The molecule has 2 atom stereocenters. The zero-order valence-corrected chi connectivity index (χ0v) is 14.6. The third-order valence-corrected chi connectivity index (χ3v) is 6.24. The van der Waals surface area contributed by atoms with E-state index in [1.54, 1.807) is 5.51 Å². The van der Waals surface area contributed by atoms with Crippen LogP contribution in [0.1, 0.15) is 35.7 Å². The van der Waals surface area contributed by atoms with Crippen LogP contribution >= 0.6 is 11.3 Å². The summed E-state index contributed by atoms with van der Waals surface area (Å²) in [6, 6.07) is 9.91. The summed E-state index contributed by atoms with van der Waals surface area (Å²) in [4.78, 5) is 9.40. The maximum Gasteiger partial charge on any atom is 0.269 e. The van der Waals surface area contributed by atoms with Crippen molar-refractivity contribution in [3.05, 3.63) is 52.9 Å². The summed E-state index contributed by atoms with van der Waals surface area (Å²) in [5, 5.41) is 3.94. The number of hydrogen-bond donors (Lipinski definition) is 0. The molecule has 0 saturated heterocycles. The molecule has 0 amide bonds. The Labute approximate surface area is 141 Å². The molecule has 7 heteroatoms. The van der Waals surface area contributed by atoms with Crippen molar-refractivity contribution < 1.29 is 8.73 Å². The van der Waals surface area contributed by atoms with Crippen molar-refractivity contribution in [2.75, 3.05) is 0 Å². The molecule has 0 unspecified atom stereocenters. The largest absolute Gasteiger partial charge is 0.333 e. The van der Waals surface area contributed by atoms with Crippen LogP contribution < -0.4 is 0 Å². The quantitative estimate of drug-likeness (QED) is 0.676. The van der Waals surface area contributed by atoms with Crippen LogP contribution in [0.4, 0.5) is 0 Å². The summed E-state index contributed by atoms with van der Waals surface area (Å²) in [7, 11) is -1.10. The Bertz CT molecular complexity index is 799. The third kappa shape index (κ3) is 3.56. The molecule has 3 rings (SSSR count). The minimum Gasteiger partial charge on any atom is -0.333 e. The molecule has 0 spiro atoms. The zero-order chi connectivity index (χ0) is 16.2. The Balaban J connectivity index is 1.75. The SMILES string of the molecule is CC[C@H](c1ccccc1)[S@@](=O)Cc1noc(-c2scnc2C)n1. The minimum absolute atomic E-state index is 0.0247. The van der Waals surface area contributed by atoms with Crippen LogP contribution in [-0.4, -0.2) is 19.3 Å². The molecule has 3 aromatic rings. The Kier molecular flexibility index (Phi) is 4.97. The summed E-state index contributed by atoms with van der Waals surface area (Å²) in [6.45, 7) is 3.94. The van der Waals surface area contributed by atoms with E-state index in [-0.39, 0.29) is 11.0 Å². The first kappa shape index (κ1) is 16.0. The average Bonchev–Trinajstić information content (AvgIpc) is 3.18. The predicted octanol–water partition coefficient (Wildman–Crippen LogP) is 3.90. The van der Waals surface area contributed by atoms with Crippen LogP contribution in [0.5, 0.6) is 0 Å². The monoisotopic (exact) mass is 347 g/mol. The number of hydrogen-bond acceptors (Lipinski definition) is 6. The van der Waals surface area contributed by atoms with Crippen LogP contribution in [-0.2, 0) is 16.6 Å². The molecule has 5 nitrogen and oxygen atoms in total. The van der Waals surface area contributed by atoms with Gasteiger partial charge >= 0.3 is 0 Å². The van der Waals surface area contributed by atoms with E-state index in [9.17, 15) is 4.21 Å². The number of benzene rings is 1. The van der Waals surface area contributed by atoms with Gasteiger partial charge in [0.05, 0.1) is 22.2 Å².